The lowest BCUT2D eigenvalue weighted by Crippen LogP contribution is -1.95. The van der Waals surface area contributed by atoms with E-state index in [0.717, 1.165) is 15.6 Å². The Morgan fingerprint density at radius 3 is 2.63 bits per heavy atom. The fraction of sp³-hybridized carbons (Fsp3) is 0.111. The molecule has 0 radical (unpaired) electrons. The fourth-order valence-electron chi connectivity index (χ4n) is 2.32. The molecule has 0 aliphatic heterocycles. The van der Waals surface area contributed by atoms with Gasteiger partial charge < -0.3 is 4.52 Å². The molecule has 0 N–H and O–H groups in total. The van der Waals surface area contributed by atoms with Crippen molar-refractivity contribution in [1.29, 1.82) is 0 Å². The van der Waals surface area contributed by atoms with Crippen LogP contribution in [0, 0.1) is 10.9 Å². The van der Waals surface area contributed by atoms with Crippen LogP contribution in [0.15, 0.2) is 57.4 Å². The van der Waals surface area contributed by atoms with Gasteiger partial charge in [-0.2, -0.15) is 4.98 Å². The SMILES string of the molecule is Cc1ccc(-c2noc(CSc3nn(-c4ccc(Cl)cc4)c(=S)s3)n2)cc1. The predicted molar refractivity (Wildman–Crippen MR) is 111 cm³/mol. The van der Waals surface area contributed by atoms with Gasteiger partial charge in [-0.15, -0.1) is 5.10 Å². The molecule has 2 aromatic carbocycles. The molecule has 2 aromatic heterocycles. The third-order valence-corrected chi connectivity index (χ3v) is 6.30. The van der Waals surface area contributed by atoms with E-state index in [4.69, 9.17) is 28.3 Å². The molecular weight excluding hydrogens is 420 g/mol. The number of hydrogen-bond donors (Lipinski definition) is 0. The zero-order valence-corrected chi connectivity index (χ0v) is 17.3. The van der Waals surface area contributed by atoms with E-state index in [9.17, 15) is 0 Å². The van der Waals surface area contributed by atoms with Crippen LogP contribution in [0.5, 0.6) is 0 Å². The van der Waals surface area contributed by atoms with Crippen molar-refractivity contribution in [3.8, 4) is 17.1 Å². The summed E-state index contributed by atoms with van der Waals surface area (Å²) in [5.41, 5.74) is 3.01. The van der Waals surface area contributed by atoms with Crippen LogP contribution in [0.2, 0.25) is 5.02 Å². The number of hydrogen-bond acceptors (Lipinski definition) is 7. The van der Waals surface area contributed by atoms with Gasteiger partial charge in [0.1, 0.15) is 0 Å². The first-order chi connectivity index (χ1) is 13.1. The van der Waals surface area contributed by atoms with Crippen molar-refractivity contribution in [3.05, 3.63) is 69.0 Å². The van der Waals surface area contributed by atoms with Gasteiger partial charge in [-0.3, -0.25) is 0 Å². The molecule has 27 heavy (non-hydrogen) atoms. The highest BCUT2D eigenvalue weighted by atomic mass is 35.5. The molecule has 0 fully saturated rings. The van der Waals surface area contributed by atoms with E-state index in [1.807, 2.05) is 55.5 Å². The summed E-state index contributed by atoms with van der Waals surface area (Å²) in [6.45, 7) is 2.04. The lowest BCUT2D eigenvalue weighted by atomic mass is 10.1. The topological polar surface area (TPSA) is 56.7 Å². The molecule has 4 aromatic rings. The summed E-state index contributed by atoms with van der Waals surface area (Å²) in [5.74, 6) is 1.67. The third-order valence-electron chi connectivity index (χ3n) is 3.70. The van der Waals surface area contributed by atoms with Crippen LogP contribution in [0.25, 0.3) is 17.1 Å². The van der Waals surface area contributed by atoms with Crippen molar-refractivity contribution in [3.63, 3.8) is 0 Å². The molecule has 0 amide bonds. The van der Waals surface area contributed by atoms with Crippen LogP contribution < -0.4 is 0 Å². The average molecular weight is 433 g/mol. The number of rotatable bonds is 5. The summed E-state index contributed by atoms with van der Waals surface area (Å²) < 4.78 is 8.59. The molecular formula is C18H13ClN4OS3. The van der Waals surface area contributed by atoms with Gasteiger partial charge in [-0.1, -0.05) is 69.7 Å². The normalized spacial score (nSPS) is 11.0. The van der Waals surface area contributed by atoms with Gasteiger partial charge in [0.2, 0.25) is 11.7 Å². The molecule has 9 heteroatoms. The standard InChI is InChI=1S/C18H13ClN4OS3/c1-11-2-4-12(5-3-11)16-20-15(24-22-16)10-26-17-21-23(18(25)27-17)14-8-6-13(19)7-9-14/h2-9H,10H2,1H3. The molecule has 0 aliphatic rings. The third kappa shape index (κ3) is 4.30. The molecule has 136 valence electrons. The first-order valence-corrected chi connectivity index (χ1v) is 10.6. The Balaban J connectivity index is 1.46. The number of aromatic nitrogens is 4. The molecule has 0 atom stereocenters. The number of nitrogens with zero attached hydrogens (tertiary/aromatic N) is 4. The summed E-state index contributed by atoms with van der Waals surface area (Å²) in [4.78, 5) is 4.45. The maximum absolute atomic E-state index is 5.94. The zero-order chi connectivity index (χ0) is 18.8. The average Bonchev–Trinajstić information content (AvgIpc) is 3.28. The maximum atomic E-state index is 5.94. The van der Waals surface area contributed by atoms with Crippen LogP contribution in [-0.4, -0.2) is 19.9 Å². The second kappa shape index (κ2) is 7.93. The van der Waals surface area contributed by atoms with Crippen molar-refractivity contribution < 1.29 is 4.52 Å². The monoisotopic (exact) mass is 432 g/mol. The van der Waals surface area contributed by atoms with Gasteiger partial charge in [-0.05, 0) is 43.4 Å². The smallest absolute Gasteiger partial charge is 0.237 e. The van der Waals surface area contributed by atoms with Crippen molar-refractivity contribution in [1.82, 2.24) is 19.9 Å². The highest BCUT2D eigenvalue weighted by Gasteiger charge is 2.12. The first kappa shape index (κ1) is 18.4. The van der Waals surface area contributed by atoms with E-state index < -0.39 is 0 Å². The highest BCUT2D eigenvalue weighted by molar-refractivity contribution is 8.00. The van der Waals surface area contributed by atoms with E-state index in [0.29, 0.717) is 26.4 Å². The number of thioether (sulfide) groups is 1. The summed E-state index contributed by atoms with van der Waals surface area (Å²) in [6, 6.07) is 15.4. The largest absolute Gasteiger partial charge is 0.338 e. The lowest BCUT2D eigenvalue weighted by Gasteiger charge is -1.99. The molecule has 0 aliphatic carbocycles. The molecule has 0 saturated carbocycles. The van der Waals surface area contributed by atoms with Gasteiger partial charge in [-0.25, -0.2) is 4.68 Å². The molecule has 0 bridgehead atoms. The van der Waals surface area contributed by atoms with E-state index in [2.05, 4.69) is 15.2 Å². The Morgan fingerprint density at radius 2 is 1.89 bits per heavy atom. The predicted octanol–water partition coefficient (Wildman–Crippen LogP) is 5.97. The van der Waals surface area contributed by atoms with Crippen molar-refractivity contribution >= 4 is 46.9 Å². The summed E-state index contributed by atoms with van der Waals surface area (Å²) in [6.07, 6.45) is 0. The minimum absolute atomic E-state index is 0.530. The molecule has 4 rings (SSSR count). The lowest BCUT2D eigenvalue weighted by molar-refractivity contribution is 0.391. The molecule has 0 saturated heterocycles. The van der Waals surface area contributed by atoms with Crippen molar-refractivity contribution in [2.45, 2.75) is 17.0 Å². The van der Waals surface area contributed by atoms with Crippen LogP contribution in [0.3, 0.4) is 0 Å². The summed E-state index contributed by atoms with van der Waals surface area (Å²) >= 11 is 14.3. The summed E-state index contributed by atoms with van der Waals surface area (Å²) in [5, 5.41) is 9.29. The van der Waals surface area contributed by atoms with E-state index in [1.54, 1.807) is 4.68 Å². The minimum Gasteiger partial charge on any atom is -0.338 e. The van der Waals surface area contributed by atoms with Crippen LogP contribution >= 0.6 is 46.9 Å². The van der Waals surface area contributed by atoms with Crippen LogP contribution in [-0.2, 0) is 5.75 Å². The Kier molecular flexibility index (Phi) is 5.40. The fourth-order valence-corrected chi connectivity index (χ4v) is 4.65. The molecule has 2 heterocycles. The first-order valence-electron chi connectivity index (χ1n) is 7.97. The number of aryl methyl sites for hydroxylation is 1. The molecule has 0 spiro atoms. The second-order valence-electron chi connectivity index (χ2n) is 5.69. The molecule has 5 nitrogen and oxygen atoms in total. The Bertz CT molecular complexity index is 1120. The van der Waals surface area contributed by atoms with Crippen molar-refractivity contribution in [2.24, 2.45) is 0 Å². The maximum Gasteiger partial charge on any atom is 0.237 e. The van der Waals surface area contributed by atoms with Gasteiger partial charge >= 0.3 is 0 Å². The number of halogens is 1. The van der Waals surface area contributed by atoms with E-state index in [-0.39, 0.29) is 0 Å². The van der Waals surface area contributed by atoms with Gasteiger partial charge in [0, 0.05) is 10.6 Å². The highest BCUT2D eigenvalue weighted by Crippen LogP contribution is 2.28. The zero-order valence-electron chi connectivity index (χ0n) is 14.1. The summed E-state index contributed by atoms with van der Waals surface area (Å²) in [7, 11) is 0. The van der Waals surface area contributed by atoms with Crippen molar-refractivity contribution in [2.75, 3.05) is 0 Å². The van der Waals surface area contributed by atoms with Crippen LogP contribution in [0.4, 0.5) is 0 Å². The van der Waals surface area contributed by atoms with Gasteiger partial charge in [0.05, 0.1) is 11.4 Å². The van der Waals surface area contributed by atoms with Gasteiger partial charge in [0.25, 0.3) is 0 Å². The molecule has 0 unspecified atom stereocenters. The van der Waals surface area contributed by atoms with E-state index >= 15 is 0 Å². The van der Waals surface area contributed by atoms with Crippen LogP contribution in [0.1, 0.15) is 11.5 Å². The Hall–Kier alpha value is -2.00. The van der Waals surface area contributed by atoms with Gasteiger partial charge in [0.15, 0.2) is 8.29 Å². The second-order valence-corrected chi connectivity index (χ2v) is 8.97. The number of benzene rings is 2. The van der Waals surface area contributed by atoms with E-state index in [1.165, 1.54) is 28.7 Å². The Labute approximate surface area is 174 Å². The Morgan fingerprint density at radius 1 is 1.15 bits per heavy atom. The quantitative estimate of drug-likeness (QED) is 0.286. The minimum atomic E-state index is 0.530.